The maximum absolute atomic E-state index is 12.6. The summed E-state index contributed by atoms with van der Waals surface area (Å²) in [6, 6.07) is 2.51. The van der Waals surface area contributed by atoms with Gasteiger partial charge in [0.2, 0.25) is 5.91 Å². The molecule has 3 aliphatic heterocycles. The number of hydrogen-bond donors (Lipinski definition) is 0. The molecule has 1 amide bonds. The quantitative estimate of drug-likeness (QED) is 0.844. The first-order valence-corrected chi connectivity index (χ1v) is 8.17. The zero-order valence-corrected chi connectivity index (χ0v) is 13.2. The van der Waals surface area contributed by atoms with Crippen LogP contribution in [-0.4, -0.2) is 57.7 Å². The minimum atomic E-state index is 0.219. The van der Waals surface area contributed by atoms with Crippen LogP contribution < -0.4 is 0 Å². The number of nitrogens with zero attached hydrogens (tertiary/aromatic N) is 4. The largest absolute Gasteiger partial charge is 0.339 e. The van der Waals surface area contributed by atoms with Crippen LogP contribution in [0.5, 0.6) is 0 Å². The predicted octanol–water partition coefficient (Wildman–Crippen LogP) is 1.52. The first-order chi connectivity index (χ1) is 10.2. The molecule has 0 N–H and O–H groups in total. The molecule has 3 aliphatic rings. The van der Waals surface area contributed by atoms with Crippen molar-refractivity contribution in [3.05, 3.63) is 18.0 Å². The van der Waals surface area contributed by atoms with Crippen LogP contribution in [0.3, 0.4) is 0 Å². The van der Waals surface area contributed by atoms with Crippen molar-refractivity contribution in [2.45, 2.75) is 45.7 Å². The van der Waals surface area contributed by atoms with Crippen molar-refractivity contribution < 1.29 is 4.79 Å². The van der Waals surface area contributed by atoms with Gasteiger partial charge >= 0.3 is 0 Å². The number of carbonyl (C=O) groups is 1. The van der Waals surface area contributed by atoms with Crippen molar-refractivity contribution >= 4 is 5.91 Å². The summed E-state index contributed by atoms with van der Waals surface area (Å²) in [5.74, 6) is 0.870. The van der Waals surface area contributed by atoms with Gasteiger partial charge in [0.05, 0.1) is 0 Å². The third kappa shape index (κ3) is 3.12. The van der Waals surface area contributed by atoms with Crippen LogP contribution in [-0.2, 0) is 11.3 Å². The third-order valence-electron chi connectivity index (χ3n) is 4.90. The fourth-order valence-corrected chi connectivity index (χ4v) is 3.74. The smallest absolute Gasteiger partial charge is 0.244 e. The fourth-order valence-electron chi connectivity index (χ4n) is 3.74. The molecule has 1 aromatic heterocycles. The Hall–Kier alpha value is -1.36. The zero-order valence-electron chi connectivity index (χ0n) is 13.2. The molecule has 0 radical (unpaired) electrons. The lowest BCUT2D eigenvalue weighted by Crippen LogP contribution is -2.45. The number of fused-ring (bicyclic) bond motifs is 4. The van der Waals surface area contributed by atoms with Crippen molar-refractivity contribution in [2.24, 2.45) is 5.92 Å². The van der Waals surface area contributed by atoms with E-state index in [1.165, 1.54) is 32.4 Å². The highest BCUT2D eigenvalue weighted by atomic mass is 16.2. The van der Waals surface area contributed by atoms with E-state index in [9.17, 15) is 4.79 Å². The number of aromatic nitrogens is 2. The summed E-state index contributed by atoms with van der Waals surface area (Å²) in [5, 5.41) is 4.23. The van der Waals surface area contributed by atoms with E-state index in [0.29, 0.717) is 18.5 Å². The molecule has 0 spiro atoms. The summed E-state index contributed by atoms with van der Waals surface area (Å²) >= 11 is 0. The van der Waals surface area contributed by atoms with Gasteiger partial charge in [0.25, 0.3) is 0 Å². The summed E-state index contributed by atoms with van der Waals surface area (Å²) in [6.45, 7) is 8.78. The highest BCUT2D eigenvalue weighted by Crippen LogP contribution is 2.28. The van der Waals surface area contributed by atoms with Gasteiger partial charge < -0.3 is 4.90 Å². The van der Waals surface area contributed by atoms with E-state index < -0.39 is 0 Å². The van der Waals surface area contributed by atoms with Gasteiger partial charge in [0, 0.05) is 37.6 Å². The molecule has 0 unspecified atom stereocenters. The molecule has 4 rings (SSSR count). The molecule has 4 heterocycles. The average Bonchev–Trinajstić information content (AvgIpc) is 2.69. The van der Waals surface area contributed by atoms with Crippen LogP contribution in [0, 0.1) is 12.8 Å². The monoisotopic (exact) mass is 290 g/mol. The molecule has 116 valence electrons. The van der Waals surface area contributed by atoms with Crippen molar-refractivity contribution in [2.75, 3.05) is 26.2 Å². The van der Waals surface area contributed by atoms with Gasteiger partial charge in [0.15, 0.2) is 0 Å². The lowest BCUT2D eigenvalue weighted by atomic mass is 9.95. The number of piperidine rings is 1. The summed E-state index contributed by atoms with van der Waals surface area (Å²) in [5.41, 5.74) is 1.05. The maximum atomic E-state index is 12.6. The van der Waals surface area contributed by atoms with Crippen LogP contribution >= 0.6 is 0 Å². The lowest BCUT2D eigenvalue weighted by molar-refractivity contribution is -0.132. The normalized spacial score (nSPS) is 26.1. The number of amides is 1. The molecule has 2 atom stereocenters. The predicted molar refractivity (Wildman–Crippen MR) is 81.9 cm³/mol. The average molecular weight is 290 g/mol. The minimum absolute atomic E-state index is 0.219. The Morgan fingerprint density at radius 3 is 2.90 bits per heavy atom. The van der Waals surface area contributed by atoms with Crippen LogP contribution in [0.4, 0.5) is 0 Å². The van der Waals surface area contributed by atoms with Crippen molar-refractivity contribution in [1.82, 2.24) is 19.6 Å². The first-order valence-electron chi connectivity index (χ1n) is 8.17. The second-order valence-corrected chi connectivity index (χ2v) is 6.52. The number of hydrogen-bond acceptors (Lipinski definition) is 3. The van der Waals surface area contributed by atoms with E-state index in [4.69, 9.17) is 0 Å². The van der Waals surface area contributed by atoms with Gasteiger partial charge in [-0.15, -0.1) is 0 Å². The highest BCUT2D eigenvalue weighted by Gasteiger charge is 2.35. The van der Waals surface area contributed by atoms with Gasteiger partial charge in [-0.3, -0.25) is 14.4 Å². The zero-order chi connectivity index (χ0) is 14.8. The molecule has 0 saturated carbocycles. The maximum Gasteiger partial charge on any atom is 0.244 e. The van der Waals surface area contributed by atoms with E-state index in [2.05, 4.69) is 21.8 Å². The van der Waals surface area contributed by atoms with Crippen LogP contribution in [0.2, 0.25) is 0 Å². The van der Waals surface area contributed by atoms with Gasteiger partial charge in [-0.05, 0) is 44.7 Å². The van der Waals surface area contributed by atoms with Gasteiger partial charge in [-0.2, -0.15) is 5.10 Å². The van der Waals surface area contributed by atoms with Gasteiger partial charge in [-0.1, -0.05) is 6.92 Å². The number of carbonyl (C=O) groups excluding carboxylic acids is 1. The molecule has 21 heavy (non-hydrogen) atoms. The Bertz CT molecular complexity index is 498. The second kappa shape index (κ2) is 6.18. The van der Waals surface area contributed by atoms with Crippen LogP contribution in [0.1, 0.15) is 31.9 Å². The van der Waals surface area contributed by atoms with Crippen molar-refractivity contribution in [3.63, 3.8) is 0 Å². The van der Waals surface area contributed by atoms with Crippen molar-refractivity contribution in [3.8, 4) is 0 Å². The Morgan fingerprint density at radius 1 is 1.33 bits per heavy atom. The molecule has 1 aromatic rings. The third-order valence-corrected chi connectivity index (χ3v) is 4.90. The fraction of sp³-hybridized carbons (Fsp3) is 0.750. The number of rotatable bonds is 4. The van der Waals surface area contributed by atoms with E-state index >= 15 is 0 Å². The Labute approximate surface area is 126 Å². The topological polar surface area (TPSA) is 41.4 Å². The Kier molecular flexibility index (Phi) is 4.29. The van der Waals surface area contributed by atoms with Gasteiger partial charge in [0.1, 0.15) is 6.54 Å². The standard InChI is InChI=1S/C16H26N4O/c1-3-8-18-9-14-4-5-15(18)11-19(10-14)16(21)12-20-13(2)6-7-17-20/h6-7,14-15H,3-5,8-12H2,1-2H3/t14-,15-/m0/s1. The molecular formula is C16H26N4O. The molecule has 5 heteroatoms. The first kappa shape index (κ1) is 14.6. The second-order valence-electron chi connectivity index (χ2n) is 6.52. The molecule has 0 aromatic carbocycles. The number of aryl methyl sites for hydroxylation is 1. The summed E-state index contributed by atoms with van der Waals surface area (Å²) < 4.78 is 1.80. The highest BCUT2D eigenvalue weighted by molar-refractivity contribution is 5.76. The molecule has 3 saturated heterocycles. The minimum Gasteiger partial charge on any atom is -0.339 e. The molecule has 0 aliphatic carbocycles. The van der Waals surface area contributed by atoms with E-state index in [0.717, 1.165) is 18.8 Å². The van der Waals surface area contributed by atoms with Crippen molar-refractivity contribution in [1.29, 1.82) is 0 Å². The Balaban J connectivity index is 1.66. The van der Waals surface area contributed by atoms with E-state index in [1.54, 1.807) is 10.9 Å². The summed E-state index contributed by atoms with van der Waals surface area (Å²) in [4.78, 5) is 17.3. The van der Waals surface area contributed by atoms with E-state index in [-0.39, 0.29) is 5.91 Å². The SMILES string of the molecule is CCCN1C[C@@H]2CC[C@H]1CN(C(=O)Cn1nccc1C)C2. The molecule has 3 fully saturated rings. The summed E-state index contributed by atoms with van der Waals surface area (Å²) in [7, 11) is 0. The summed E-state index contributed by atoms with van der Waals surface area (Å²) in [6.07, 6.45) is 5.48. The molecule has 5 nitrogen and oxygen atoms in total. The van der Waals surface area contributed by atoms with E-state index in [1.807, 2.05) is 13.0 Å². The molecule has 2 bridgehead atoms. The van der Waals surface area contributed by atoms with Gasteiger partial charge in [-0.25, -0.2) is 0 Å². The Morgan fingerprint density at radius 2 is 2.19 bits per heavy atom. The molecular weight excluding hydrogens is 264 g/mol. The van der Waals surface area contributed by atoms with Crippen LogP contribution in [0.15, 0.2) is 12.3 Å². The lowest BCUT2D eigenvalue weighted by Gasteiger charge is -2.35. The van der Waals surface area contributed by atoms with Crippen LogP contribution in [0.25, 0.3) is 0 Å².